The highest BCUT2D eigenvalue weighted by Crippen LogP contribution is 2.31. The SMILES string of the molecule is COc1cc(C)c(C)cc1CC1CCC(N)CC1. The first-order valence-corrected chi connectivity index (χ1v) is 7.00. The normalized spacial score (nSPS) is 24.0. The summed E-state index contributed by atoms with van der Waals surface area (Å²) >= 11 is 0. The highest BCUT2D eigenvalue weighted by atomic mass is 16.5. The van der Waals surface area contributed by atoms with E-state index in [9.17, 15) is 0 Å². The maximum atomic E-state index is 5.97. The van der Waals surface area contributed by atoms with Crippen LogP contribution in [0.2, 0.25) is 0 Å². The van der Waals surface area contributed by atoms with E-state index in [0.717, 1.165) is 18.1 Å². The van der Waals surface area contributed by atoms with Gasteiger partial charge in [-0.3, -0.25) is 0 Å². The van der Waals surface area contributed by atoms with Gasteiger partial charge in [-0.25, -0.2) is 0 Å². The zero-order valence-corrected chi connectivity index (χ0v) is 11.8. The van der Waals surface area contributed by atoms with Gasteiger partial charge in [-0.1, -0.05) is 6.07 Å². The summed E-state index contributed by atoms with van der Waals surface area (Å²) in [6.45, 7) is 4.32. The fourth-order valence-corrected chi connectivity index (χ4v) is 2.90. The molecule has 0 radical (unpaired) electrons. The van der Waals surface area contributed by atoms with Gasteiger partial charge < -0.3 is 10.5 Å². The molecule has 1 aromatic rings. The molecule has 0 heterocycles. The molecule has 1 saturated carbocycles. The number of rotatable bonds is 3. The van der Waals surface area contributed by atoms with E-state index in [1.165, 1.54) is 42.4 Å². The van der Waals surface area contributed by atoms with Gasteiger partial charge >= 0.3 is 0 Å². The van der Waals surface area contributed by atoms with Gasteiger partial charge in [0.25, 0.3) is 0 Å². The smallest absolute Gasteiger partial charge is 0.122 e. The van der Waals surface area contributed by atoms with E-state index < -0.39 is 0 Å². The number of aryl methyl sites for hydroxylation is 2. The van der Waals surface area contributed by atoms with Crippen LogP contribution in [0.25, 0.3) is 0 Å². The minimum atomic E-state index is 0.433. The third-order valence-corrected chi connectivity index (χ3v) is 4.30. The lowest BCUT2D eigenvalue weighted by atomic mass is 9.82. The average molecular weight is 247 g/mol. The lowest BCUT2D eigenvalue weighted by Gasteiger charge is -2.26. The Morgan fingerprint density at radius 2 is 1.72 bits per heavy atom. The van der Waals surface area contributed by atoms with Crippen molar-refractivity contribution in [3.63, 3.8) is 0 Å². The van der Waals surface area contributed by atoms with E-state index in [0.29, 0.717) is 6.04 Å². The van der Waals surface area contributed by atoms with Crippen LogP contribution in [0.1, 0.15) is 42.4 Å². The minimum absolute atomic E-state index is 0.433. The number of hydrogen-bond donors (Lipinski definition) is 1. The molecule has 1 aliphatic rings. The summed E-state index contributed by atoms with van der Waals surface area (Å²) < 4.78 is 5.52. The van der Waals surface area contributed by atoms with Crippen LogP contribution in [-0.2, 0) is 6.42 Å². The first-order valence-electron chi connectivity index (χ1n) is 7.00. The van der Waals surface area contributed by atoms with Gasteiger partial charge in [-0.15, -0.1) is 0 Å². The topological polar surface area (TPSA) is 35.2 Å². The van der Waals surface area contributed by atoms with Crippen LogP contribution in [-0.4, -0.2) is 13.2 Å². The molecule has 0 amide bonds. The Kier molecular flexibility index (Phi) is 4.28. The summed E-state index contributed by atoms with van der Waals surface area (Å²) in [6, 6.07) is 4.89. The molecule has 0 atom stereocenters. The molecule has 0 aliphatic heterocycles. The Hall–Kier alpha value is -1.02. The van der Waals surface area contributed by atoms with Crippen molar-refractivity contribution in [2.45, 2.75) is 52.0 Å². The van der Waals surface area contributed by atoms with Crippen molar-refractivity contribution in [1.82, 2.24) is 0 Å². The fraction of sp³-hybridized carbons (Fsp3) is 0.625. The van der Waals surface area contributed by atoms with Gasteiger partial charge in [0.15, 0.2) is 0 Å². The molecule has 0 unspecified atom stereocenters. The van der Waals surface area contributed by atoms with Crippen LogP contribution in [0.5, 0.6) is 5.75 Å². The summed E-state index contributed by atoms with van der Waals surface area (Å²) in [5, 5.41) is 0. The van der Waals surface area contributed by atoms with Crippen molar-refractivity contribution in [2.24, 2.45) is 11.7 Å². The van der Waals surface area contributed by atoms with Crippen molar-refractivity contribution in [2.75, 3.05) is 7.11 Å². The molecular formula is C16H25NO. The summed E-state index contributed by atoms with van der Waals surface area (Å²) in [7, 11) is 1.77. The minimum Gasteiger partial charge on any atom is -0.496 e. The molecule has 0 spiro atoms. The van der Waals surface area contributed by atoms with E-state index in [1.807, 2.05) is 0 Å². The second-order valence-electron chi connectivity index (χ2n) is 5.73. The molecule has 2 nitrogen and oxygen atoms in total. The Bertz CT molecular complexity index is 406. The second-order valence-corrected chi connectivity index (χ2v) is 5.73. The van der Waals surface area contributed by atoms with Crippen LogP contribution in [0.4, 0.5) is 0 Å². The largest absolute Gasteiger partial charge is 0.496 e. The molecule has 1 fully saturated rings. The quantitative estimate of drug-likeness (QED) is 0.888. The molecule has 1 aromatic carbocycles. The van der Waals surface area contributed by atoms with E-state index in [-0.39, 0.29) is 0 Å². The summed E-state index contributed by atoms with van der Waals surface area (Å²) in [6.07, 6.45) is 6.02. The monoisotopic (exact) mass is 247 g/mol. The van der Waals surface area contributed by atoms with Crippen LogP contribution in [0.3, 0.4) is 0 Å². The van der Waals surface area contributed by atoms with Gasteiger partial charge in [0.05, 0.1) is 7.11 Å². The molecule has 1 aliphatic carbocycles. The van der Waals surface area contributed by atoms with Gasteiger partial charge in [0.2, 0.25) is 0 Å². The molecule has 0 saturated heterocycles. The number of nitrogens with two attached hydrogens (primary N) is 1. The zero-order chi connectivity index (χ0) is 13.1. The summed E-state index contributed by atoms with van der Waals surface area (Å²) in [5.41, 5.74) is 9.99. The number of benzene rings is 1. The lowest BCUT2D eigenvalue weighted by molar-refractivity contribution is 0.320. The average Bonchev–Trinajstić information content (AvgIpc) is 2.36. The lowest BCUT2D eigenvalue weighted by Crippen LogP contribution is -2.27. The van der Waals surface area contributed by atoms with E-state index >= 15 is 0 Å². The Morgan fingerprint density at radius 3 is 2.33 bits per heavy atom. The van der Waals surface area contributed by atoms with Gasteiger partial charge in [0.1, 0.15) is 5.75 Å². The van der Waals surface area contributed by atoms with Gasteiger partial charge in [-0.2, -0.15) is 0 Å². The Labute approximate surface area is 111 Å². The molecule has 0 aromatic heterocycles. The van der Waals surface area contributed by atoms with Crippen molar-refractivity contribution in [3.8, 4) is 5.75 Å². The molecule has 18 heavy (non-hydrogen) atoms. The Morgan fingerprint density at radius 1 is 1.11 bits per heavy atom. The molecule has 0 bridgehead atoms. The van der Waals surface area contributed by atoms with E-state index in [2.05, 4.69) is 26.0 Å². The van der Waals surface area contributed by atoms with Crippen LogP contribution in [0, 0.1) is 19.8 Å². The first-order chi connectivity index (χ1) is 8.60. The van der Waals surface area contributed by atoms with Crippen LogP contribution in [0.15, 0.2) is 12.1 Å². The van der Waals surface area contributed by atoms with Crippen LogP contribution >= 0.6 is 0 Å². The third kappa shape index (κ3) is 3.05. The highest BCUT2D eigenvalue weighted by Gasteiger charge is 2.20. The fourth-order valence-electron chi connectivity index (χ4n) is 2.90. The number of methoxy groups -OCH3 is 1. The molecule has 100 valence electrons. The van der Waals surface area contributed by atoms with Crippen molar-refractivity contribution >= 4 is 0 Å². The van der Waals surface area contributed by atoms with Crippen LogP contribution < -0.4 is 10.5 Å². The summed E-state index contributed by atoms with van der Waals surface area (Å²) in [4.78, 5) is 0. The van der Waals surface area contributed by atoms with E-state index in [4.69, 9.17) is 10.5 Å². The highest BCUT2D eigenvalue weighted by molar-refractivity contribution is 5.42. The molecule has 2 N–H and O–H groups in total. The number of hydrogen-bond acceptors (Lipinski definition) is 2. The molecular weight excluding hydrogens is 222 g/mol. The van der Waals surface area contributed by atoms with Crippen molar-refractivity contribution in [1.29, 1.82) is 0 Å². The van der Waals surface area contributed by atoms with Crippen molar-refractivity contribution < 1.29 is 4.74 Å². The standard InChI is InChI=1S/C16H25NO/c1-11-8-14(16(18-3)9-12(11)2)10-13-4-6-15(17)7-5-13/h8-9,13,15H,4-7,10,17H2,1-3H3. The van der Waals surface area contributed by atoms with E-state index in [1.54, 1.807) is 7.11 Å². The Balaban J connectivity index is 2.10. The third-order valence-electron chi connectivity index (χ3n) is 4.30. The molecule has 2 rings (SSSR count). The second kappa shape index (κ2) is 5.75. The zero-order valence-electron chi connectivity index (χ0n) is 11.8. The molecule has 2 heteroatoms. The van der Waals surface area contributed by atoms with Gasteiger partial charge in [-0.05, 0) is 74.6 Å². The van der Waals surface area contributed by atoms with Crippen molar-refractivity contribution in [3.05, 3.63) is 28.8 Å². The predicted octanol–water partition coefficient (Wildman–Crippen LogP) is 3.37. The maximum absolute atomic E-state index is 5.97. The predicted molar refractivity (Wildman–Crippen MR) is 76.1 cm³/mol. The number of ether oxygens (including phenoxy) is 1. The maximum Gasteiger partial charge on any atom is 0.122 e. The van der Waals surface area contributed by atoms with Gasteiger partial charge in [0, 0.05) is 6.04 Å². The summed E-state index contributed by atoms with van der Waals surface area (Å²) in [5.74, 6) is 1.83. The first kappa shape index (κ1) is 13.4.